The van der Waals surface area contributed by atoms with E-state index in [1.165, 1.54) is 16.0 Å². The highest BCUT2D eigenvalue weighted by Gasteiger charge is 2.15. The molecule has 2 heterocycles. The molecule has 0 unspecified atom stereocenters. The third kappa shape index (κ3) is 4.87. The van der Waals surface area contributed by atoms with Crippen LogP contribution in [0.1, 0.15) is 47.4 Å². The number of fused-ring (bicyclic) bond motifs is 1. The molecule has 3 rings (SSSR count). The van der Waals surface area contributed by atoms with Gasteiger partial charge in [-0.25, -0.2) is 0 Å². The van der Waals surface area contributed by atoms with E-state index in [0.717, 1.165) is 42.3 Å². The van der Waals surface area contributed by atoms with Crippen molar-refractivity contribution in [3.8, 4) is 0 Å². The Morgan fingerprint density at radius 1 is 1.23 bits per heavy atom. The first-order valence-electron chi connectivity index (χ1n) is 9.16. The summed E-state index contributed by atoms with van der Waals surface area (Å²) >= 11 is 8.26. The van der Waals surface area contributed by atoms with Crippen LogP contribution >= 0.6 is 23.4 Å². The van der Waals surface area contributed by atoms with Crippen molar-refractivity contribution in [2.75, 3.05) is 13.1 Å². The smallest absolute Gasteiger partial charge is 0.181 e. The molecule has 0 saturated carbocycles. The maximum atomic E-state index is 12.1. The zero-order valence-electron chi connectivity index (χ0n) is 15.3. The maximum Gasteiger partial charge on any atom is 0.181 e. The SMILES string of the molecule is CC(C)CC(=O)c1ccc(CSc2c(Cl)ccc3c2CCNCC3)cn1. The molecule has 0 saturated heterocycles. The minimum Gasteiger partial charge on any atom is -0.316 e. The van der Waals surface area contributed by atoms with Gasteiger partial charge in [0.15, 0.2) is 5.78 Å². The average molecular weight is 389 g/mol. The van der Waals surface area contributed by atoms with Crippen molar-refractivity contribution in [2.24, 2.45) is 5.92 Å². The standard InChI is InChI=1S/C21H25ClN2OS/c1-14(2)11-20(25)19-6-3-15(12-24-19)13-26-21-17-8-10-23-9-7-16(17)4-5-18(21)22/h3-6,12,14,23H,7-11,13H2,1-2H3. The number of benzene rings is 1. The molecule has 1 aromatic heterocycles. The highest BCUT2D eigenvalue weighted by Crippen LogP contribution is 2.35. The van der Waals surface area contributed by atoms with Gasteiger partial charge in [0.05, 0.1) is 5.02 Å². The van der Waals surface area contributed by atoms with Gasteiger partial charge in [0.1, 0.15) is 5.69 Å². The maximum absolute atomic E-state index is 12.1. The van der Waals surface area contributed by atoms with E-state index in [1.807, 2.05) is 38.2 Å². The Hall–Kier alpha value is -1.36. The van der Waals surface area contributed by atoms with Gasteiger partial charge in [0, 0.05) is 23.3 Å². The molecule has 0 radical (unpaired) electrons. The predicted molar refractivity (Wildman–Crippen MR) is 109 cm³/mol. The molecule has 1 N–H and O–H groups in total. The van der Waals surface area contributed by atoms with Crippen molar-refractivity contribution < 1.29 is 4.79 Å². The molecule has 0 amide bonds. The summed E-state index contributed by atoms with van der Waals surface area (Å²) in [6.07, 6.45) is 4.42. The minimum absolute atomic E-state index is 0.114. The van der Waals surface area contributed by atoms with Crippen LogP contribution in [0.5, 0.6) is 0 Å². The Morgan fingerprint density at radius 3 is 2.77 bits per heavy atom. The second kappa shape index (κ2) is 9.03. The van der Waals surface area contributed by atoms with Gasteiger partial charge in [-0.05, 0) is 60.7 Å². The monoisotopic (exact) mass is 388 g/mol. The largest absolute Gasteiger partial charge is 0.316 e. The van der Waals surface area contributed by atoms with E-state index in [0.29, 0.717) is 18.0 Å². The molecule has 1 aliphatic heterocycles. The van der Waals surface area contributed by atoms with E-state index in [4.69, 9.17) is 11.6 Å². The summed E-state index contributed by atoms with van der Waals surface area (Å²) < 4.78 is 0. The summed E-state index contributed by atoms with van der Waals surface area (Å²) in [4.78, 5) is 17.6. The molecule has 0 aliphatic carbocycles. The van der Waals surface area contributed by atoms with Gasteiger partial charge < -0.3 is 5.32 Å². The number of nitrogens with zero attached hydrogens (tertiary/aromatic N) is 1. The van der Waals surface area contributed by atoms with Crippen molar-refractivity contribution in [3.05, 3.63) is 57.9 Å². The van der Waals surface area contributed by atoms with E-state index in [9.17, 15) is 4.79 Å². The van der Waals surface area contributed by atoms with Gasteiger partial charge in [-0.15, -0.1) is 11.8 Å². The first kappa shape index (κ1) is 19.4. The number of carbonyl (C=O) groups is 1. The van der Waals surface area contributed by atoms with Gasteiger partial charge in [0.25, 0.3) is 0 Å². The van der Waals surface area contributed by atoms with E-state index in [2.05, 4.69) is 16.4 Å². The average Bonchev–Trinajstić information content (AvgIpc) is 2.86. The lowest BCUT2D eigenvalue weighted by molar-refractivity contribution is 0.0963. The molecule has 1 aliphatic rings. The summed E-state index contributed by atoms with van der Waals surface area (Å²) in [5.41, 5.74) is 4.44. The highest BCUT2D eigenvalue weighted by molar-refractivity contribution is 7.98. The van der Waals surface area contributed by atoms with Crippen LogP contribution in [0.25, 0.3) is 0 Å². The first-order valence-corrected chi connectivity index (χ1v) is 10.5. The lowest BCUT2D eigenvalue weighted by Crippen LogP contribution is -2.16. The van der Waals surface area contributed by atoms with Gasteiger partial charge in [-0.3, -0.25) is 9.78 Å². The summed E-state index contributed by atoms with van der Waals surface area (Å²) in [6.45, 7) is 6.11. The fourth-order valence-corrected chi connectivity index (χ4v) is 4.61. The van der Waals surface area contributed by atoms with Crippen LogP contribution in [0.2, 0.25) is 5.02 Å². The molecular weight excluding hydrogens is 364 g/mol. The van der Waals surface area contributed by atoms with Crippen LogP contribution in [-0.2, 0) is 18.6 Å². The molecule has 26 heavy (non-hydrogen) atoms. The van der Waals surface area contributed by atoms with Gasteiger partial charge in [-0.2, -0.15) is 0 Å². The highest BCUT2D eigenvalue weighted by atomic mass is 35.5. The van der Waals surface area contributed by atoms with Crippen LogP contribution in [0.4, 0.5) is 0 Å². The number of thioether (sulfide) groups is 1. The number of ketones is 1. The van der Waals surface area contributed by atoms with Gasteiger partial charge in [0.2, 0.25) is 0 Å². The summed E-state index contributed by atoms with van der Waals surface area (Å²) in [5, 5.41) is 4.28. The Balaban J connectivity index is 1.70. The number of hydrogen-bond acceptors (Lipinski definition) is 4. The van der Waals surface area contributed by atoms with Crippen molar-refractivity contribution in [1.29, 1.82) is 0 Å². The molecule has 5 heteroatoms. The molecule has 138 valence electrons. The zero-order valence-corrected chi connectivity index (χ0v) is 16.9. The Bertz CT molecular complexity index is 774. The second-order valence-corrected chi connectivity index (χ2v) is 8.52. The lowest BCUT2D eigenvalue weighted by Gasteiger charge is -2.14. The molecule has 2 aromatic rings. The van der Waals surface area contributed by atoms with E-state index in [-0.39, 0.29) is 5.78 Å². The van der Waals surface area contributed by atoms with Crippen LogP contribution in [0.15, 0.2) is 35.4 Å². The molecule has 3 nitrogen and oxygen atoms in total. The summed E-state index contributed by atoms with van der Waals surface area (Å²) in [7, 11) is 0. The van der Waals surface area contributed by atoms with Crippen LogP contribution < -0.4 is 5.32 Å². The van der Waals surface area contributed by atoms with Crippen molar-refractivity contribution >= 4 is 29.1 Å². The summed E-state index contributed by atoms with van der Waals surface area (Å²) in [6, 6.07) is 8.02. The normalized spacial score (nSPS) is 14.2. The third-order valence-corrected chi connectivity index (χ3v) is 6.18. The van der Waals surface area contributed by atoms with Crippen LogP contribution in [-0.4, -0.2) is 23.9 Å². The Labute approximate surface area is 164 Å². The van der Waals surface area contributed by atoms with E-state index >= 15 is 0 Å². The summed E-state index contributed by atoms with van der Waals surface area (Å²) in [5.74, 6) is 1.27. The molecule has 1 aromatic carbocycles. The number of Topliss-reactive ketones (excluding diaryl/α,β-unsaturated/α-hetero) is 1. The topological polar surface area (TPSA) is 42.0 Å². The van der Waals surface area contributed by atoms with Crippen LogP contribution in [0, 0.1) is 5.92 Å². The minimum atomic E-state index is 0.114. The third-order valence-electron chi connectivity index (χ3n) is 4.52. The quantitative estimate of drug-likeness (QED) is 0.561. The number of carbonyl (C=O) groups excluding carboxylic acids is 1. The van der Waals surface area contributed by atoms with Crippen molar-refractivity contribution in [3.63, 3.8) is 0 Å². The number of hydrogen-bond donors (Lipinski definition) is 1. The predicted octanol–water partition coefficient (Wildman–Crippen LogP) is 4.94. The van der Waals surface area contributed by atoms with Gasteiger partial charge in [-0.1, -0.05) is 37.6 Å². The number of halogens is 1. The number of pyridine rings is 1. The van der Waals surface area contributed by atoms with E-state index < -0.39 is 0 Å². The molecule has 0 spiro atoms. The fraction of sp³-hybridized carbons (Fsp3) is 0.429. The van der Waals surface area contributed by atoms with Crippen molar-refractivity contribution in [2.45, 2.75) is 43.8 Å². The van der Waals surface area contributed by atoms with E-state index in [1.54, 1.807) is 11.8 Å². The second-order valence-electron chi connectivity index (χ2n) is 7.13. The van der Waals surface area contributed by atoms with Crippen molar-refractivity contribution in [1.82, 2.24) is 10.3 Å². The number of aromatic nitrogens is 1. The fourth-order valence-electron chi connectivity index (χ4n) is 3.17. The Morgan fingerprint density at radius 2 is 2.04 bits per heavy atom. The van der Waals surface area contributed by atoms with Gasteiger partial charge >= 0.3 is 0 Å². The first-order chi connectivity index (χ1) is 12.5. The Kier molecular flexibility index (Phi) is 6.74. The molecular formula is C21H25ClN2OS. The lowest BCUT2D eigenvalue weighted by atomic mass is 10.0. The van der Waals surface area contributed by atoms with Crippen LogP contribution in [0.3, 0.4) is 0 Å². The number of nitrogens with one attached hydrogen (secondary N) is 1. The zero-order chi connectivity index (χ0) is 18.5. The molecule has 0 atom stereocenters. The molecule has 0 bridgehead atoms. The number of rotatable bonds is 6. The molecule has 0 fully saturated rings.